The van der Waals surface area contributed by atoms with Crippen molar-refractivity contribution in [2.75, 3.05) is 24.3 Å². The van der Waals surface area contributed by atoms with Crippen molar-refractivity contribution in [3.63, 3.8) is 0 Å². The first kappa shape index (κ1) is 15.9. The number of nitrogen functional groups attached to an aromatic ring is 1. The number of hydrogen-bond acceptors (Lipinski definition) is 3. The second-order valence-corrected chi connectivity index (χ2v) is 4.35. The molecule has 0 spiro atoms. The SMILES string of the molecule is Nc1cc(Cl)cc(Cl)c1NC(=O)COCC(F)(F)F. The predicted molar refractivity (Wildman–Crippen MR) is 66.4 cm³/mol. The van der Waals surface area contributed by atoms with E-state index >= 15 is 0 Å². The average Bonchev–Trinajstić information content (AvgIpc) is 2.21. The quantitative estimate of drug-likeness (QED) is 0.839. The summed E-state index contributed by atoms with van der Waals surface area (Å²) in [6.07, 6.45) is -4.49. The van der Waals surface area contributed by atoms with Crippen LogP contribution in [0.2, 0.25) is 10.0 Å². The van der Waals surface area contributed by atoms with Gasteiger partial charge in [-0.2, -0.15) is 13.2 Å². The number of amides is 1. The second-order valence-electron chi connectivity index (χ2n) is 3.51. The van der Waals surface area contributed by atoms with E-state index in [0.29, 0.717) is 0 Å². The summed E-state index contributed by atoms with van der Waals surface area (Å²) in [5.41, 5.74) is 5.74. The maximum absolute atomic E-state index is 11.8. The van der Waals surface area contributed by atoms with Crippen molar-refractivity contribution < 1.29 is 22.7 Å². The van der Waals surface area contributed by atoms with E-state index in [9.17, 15) is 18.0 Å². The van der Waals surface area contributed by atoms with Crippen molar-refractivity contribution in [1.29, 1.82) is 0 Å². The number of carbonyl (C=O) groups is 1. The van der Waals surface area contributed by atoms with Crippen LogP contribution in [0.25, 0.3) is 0 Å². The number of alkyl halides is 3. The van der Waals surface area contributed by atoms with E-state index in [1.54, 1.807) is 0 Å². The maximum Gasteiger partial charge on any atom is 0.411 e. The van der Waals surface area contributed by atoms with Crippen molar-refractivity contribution in [2.45, 2.75) is 6.18 Å². The largest absolute Gasteiger partial charge is 0.411 e. The van der Waals surface area contributed by atoms with Crippen molar-refractivity contribution >= 4 is 40.5 Å². The third-order valence-electron chi connectivity index (χ3n) is 1.85. The van der Waals surface area contributed by atoms with E-state index in [-0.39, 0.29) is 21.4 Å². The lowest BCUT2D eigenvalue weighted by atomic mass is 10.2. The summed E-state index contributed by atoms with van der Waals surface area (Å²) < 4.78 is 39.6. The van der Waals surface area contributed by atoms with Gasteiger partial charge in [-0.15, -0.1) is 0 Å². The molecule has 0 aliphatic carbocycles. The summed E-state index contributed by atoms with van der Waals surface area (Å²) in [6.45, 7) is -2.28. The third kappa shape index (κ3) is 5.54. The smallest absolute Gasteiger partial charge is 0.397 e. The van der Waals surface area contributed by atoms with E-state index in [0.717, 1.165) is 0 Å². The molecule has 1 aromatic rings. The van der Waals surface area contributed by atoms with Gasteiger partial charge in [0, 0.05) is 5.02 Å². The standard InChI is InChI=1S/C10H9Cl2F3N2O2/c11-5-1-6(12)9(7(16)2-5)17-8(18)3-19-4-10(13,14)15/h1-2H,3-4,16H2,(H,17,18). The molecule has 0 radical (unpaired) electrons. The summed E-state index contributed by atoms with van der Waals surface area (Å²) in [6, 6.07) is 2.69. The number of ether oxygens (including phenoxy) is 1. The van der Waals surface area contributed by atoms with Gasteiger partial charge in [-0.25, -0.2) is 0 Å². The van der Waals surface area contributed by atoms with Crippen LogP contribution in [-0.4, -0.2) is 25.3 Å². The number of anilines is 2. The molecule has 0 unspecified atom stereocenters. The van der Waals surface area contributed by atoms with Crippen LogP contribution in [0.1, 0.15) is 0 Å². The number of carbonyl (C=O) groups excluding carboxylic acids is 1. The van der Waals surface area contributed by atoms with Crippen molar-refractivity contribution in [3.05, 3.63) is 22.2 Å². The Morgan fingerprint density at radius 2 is 2.00 bits per heavy atom. The van der Waals surface area contributed by atoms with E-state index in [1.807, 2.05) is 0 Å². The topological polar surface area (TPSA) is 64.3 Å². The van der Waals surface area contributed by atoms with Crippen LogP contribution in [0, 0.1) is 0 Å². The molecule has 0 saturated heterocycles. The van der Waals surface area contributed by atoms with Crippen LogP contribution < -0.4 is 11.1 Å². The lowest BCUT2D eigenvalue weighted by molar-refractivity contribution is -0.174. The first-order valence-corrected chi connectivity index (χ1v) is 5.63. The van der Waals surface area contributed by atoms with Crippen LogP contribution >= 0.6 is 23.2 Å². The van der Waals surface area contributed by atoms with Gasteiger partial charge in [0.25, 0.3) is 0 Å². The van der Waals surface area contributed by atoms with Gasteiger partial charge >= 0.3 is 6.18 Å². The Labute approximate surface area is 116 Å². The highest BCUT2D eigenvalue weighted by atomic mass is 35.5. The maximum atomic E-state index is 11.8. The monoisotopic (exact) mass is 316 g/mol. The van der Waals surface area contributed by atoms with Gasteiger partial charge in [0.1, 0.15) is 13.2 Å². The Morgan fingerprint density at radius 3 is 2.53 bits per heavy atom. The number of nitrogens with two attached hydrogens (primary N) is 1. The summed E-state index contributed by atoms with van der Waals surface area (Å²) in [7, 11) is 0. The molecular formula is C10H9Cl2F3N2O2. The Morgan fingerprint density at radius 1 is 1.37 bits per heavy atom. The van der Waals surface area contributed by atoms with Crippen LogP contribution in [0.5, 0.6) is 0 Å². The fourth-order valence-corrected chi connectivity index (χ4v) is 1.72. The van der Waals surface area contributed by atoms with Crippen LogP contribution in [-0.2, 0) is 9.53 Å². The average molecular weight is 317 g/mol. The second kappa shape index (κ2) is 6.31. The minimum absolute atomic E-state index is 0.0756. The van der Waals surface area contributed by atoms with Gasteiger partial charge in [0.15, 0.2) is 0 Å². The highest BCUT2D eigenvalue weighted by Gasteiger charge is 2.27. The minimum atomic E-state index is -4.49. The van der Waals surface area contributed by atoms with E-state index in [4.69, 9.17) is 28.9 Å². The first-order valence-electron chi connectivity index (χ1n) is 4.88. The summed E-state index contributed by atoms with van der Waals surface area (Å²) >= 11 is 11.5. The molecule has 0 bridgehead atoms. The minimum Gasteiger partial charge on any atom is -0.397 e. The van der Waals surface area contributed by atoms with Crippen LogP contribution in [0.15, 0.2) is 12.1 Å². The van der Waals surface area contributed by atoms with Crippen molar-refractivity contribution in [1.82, 2.24) is 0 Å². The van der Waals surface area contributed by atoms with Crippen LogP contribution in [0.4, 0.5) is 24.5 Å². The Balaban J connectivity index is 2.58. The van der Waals surface area contributed by atoms with Gasteiger partial charge in [-0.1, -0.05) is 23.2 Å². The molecule has 1 aromatic carbocycles. The molecule has 0 heterocycles. The molecule has 0 aromatic heterocycles. The lowest BCUT2D eigenvalue weighted by Crippen LogP contribution is -2.24. The zero-order valence-corrected chi connectivity index (χ0v) is 10.9. The van der Waals surface area contributed by atoms with Crippen molar-refractivity contribution in [3.8, 4) is 0 Å². The predicted octanol–water partition coefficient (Wildman–Crippen LogP) is 3.09. The van der Waals surface area contributed by atoms with E-state index in [1.165, 1.54) is 12.1 Å². The molecule has 1 amide bonds. The number of rotatable bonds is 4. The Kier molecular flexibility index (Phi) is 5.28. The third-order valence-corrected chi connectivity index (χ3v) is 2.37. The molecule has 0 fully saturated rings. The van der Waals surface area contributed by atoms with Gasteiger partial charge < -0.3 is 15.8 Å². The molecule has 9 heteroatoms. The molecule has 1 rings (SSSR count). The number of halogens is 5. The normalized spacial score (nSPS) is 11.4. The lowest BCUT2D eigenvalue weighted by Gasteiger charge is -2.11. The molecule has 106 valence electrons. The Hall–Kier alpha value is -1.18. The number of benzene rings is 1. The molecule has 19 heavy (non-hydrogen) atoms. The van der Waals surface area contributed by atoms with E-state index < -0.39 is 25.3 Å². The van der Waals surface area contributed by atoms with Crippen molar-refractivity contribution in [2.24, 2.45) is 0 Å². The summed E-state index contributed by atoms with van der Waals surface area (Å²) in [5.74, 6) is -0.805. The van der Waals surface area contributed by atoms with Gasteiger partial charge in [0.05, 0.1) is 16.4 Å². The fraction of sp³-hybridized carbons (Fsp3) is 0.300. The molecule has 0 aliphatic heterocycles. The Bertz CT molecular complexity index is 457. The number of nitrogens with one attached hydrogen (secondary N) is 1. The highest BCUT2D eigenvalue weighted by Crippen LogP contribution is 2.31. The summed E-state index contributed by atoms with van der Waals surface area (Å²) in [4.78, 5) is 11.3. The molecule has 0 atom stereocenters. The van der Waals surface area contributed by atoms with Gasteiger partial charge in [0.2, 0.25) is 5.91 Å². The molecular weight excluding hydrogens is 308 g/mol. The van der Waals surface area contributed by atoms with Crippen LogP contribution in [0.3, 0.4) is 0 Å². The summed E-state index contributed by atoms with van der Waals surface area (Å²) in [5, 5.41) is 2.60. The number of hydrogen-bond donors (Lipinski definition) is 2. The highest BCUT2D eigenvalue weighted by molar-refractivity contribution is 6.37. The molecule has 4 nitrogen and oxygen atoms in total. The molecule has 0 aliphatic rings. The fourth-order valence-electron chi connectivity index (χ4n) is 1.16. The molecule has 3 N–H and O–H groups in total. The molecule has 0 saturated carbocycles. The zero-order valence-electron chi connectivity index (χ0n) is 9.35. The first-order chi connectivity index (χ1) is 8.69. The van der Waals surface area contributed by atoms with Gasteiger partial charge in [-0.3, -0.25) is 4.79 Å². The van der Waals surface area contributed by atoms with E-state index in [2.05, 4.69) is 10.1 Å². The zero-order chi connectivity index (χ0) is 14.6. The van der Waals surface area contributed by atoms with Gasteiger partial charge in [-0.05, 0) is 12.1 Å².